The molecule has 0 aliphatic rings. The van der Waals surface area contributed by atoms with E-state index in [4.69, 9.17) is 14.5 Å². The molecule has 5 rings (SSSR count). The van der Waals surface area contributed by atoms with E-state index < -0.39 is 27.9 Å². The van der Waals surface area contributed by atoms with Crippen LogP contribution >= 0.6 is 0 Å². The van der Waals surface area contributed by atoms with Crippen molar-refractivity contribution in [2.24, 2.45) is 5.92 Å². The van der Waals surface area contributed by atoms with E-state index in [1.54, 1.807) is 65.2 Å². The molecule has 0 spiro atoms. The van der Waals surface area contributed by atoms with Gasteiger partial charge in [-0.15, -0.1) is 0 Å². The van der Waals surface area contributed by atoms with Gasteiger partial charge >= 0.3 is 12.1 Å². The van der Waals surface area contributed by atoms with Gasteiger partial charge in [0, 0.05) is 34.4 Å². The Bertz CT molecular complexity index is 2260. The van der Waals surface area contributed by atoms with Gasteiger partial charge in [0.2, 0.25) is 0 Å². The van der Waals surface area contributed by atoms with Crippen LogP contribution < -0.4 is 10.0 Å². The van der Waals surface area contributed by atoms with E-state index in [9.17, 15) is 22.8 Å². The van der Waals surface area contributed by atoms with Crippen molar-refractivity contribution in [3.63, 3.8) is 0 Å². The molecule has 0 saturated carbocycles. The number of nitrogens with zero attached hydrogens (tertiary/aromatic N) is 2. The molecule has 0 bridgehead atoms. The van der Waals surface area contributed by atoms with Gasteiger partial charge in [0.1, 0.15) is 18.2 Å². The van der Waals surface area contributed by atoms with Crippen molar-refractivity contribution in [1.82, 2.24) is 14.3 Å². The quantitative estimate of drug-likeness (QED) is 0.0954. The maximum absolute atomic E-state index is 16.0. The number of rotatable bonds is 16. The maximum Gasteiger partial charge on any atom is 0.421 e. The highest BCUT2D eigenvalue weighted by Gasteiger charge is 2.26. The number of sulfonamides is 1. The molecule has 0 fully saturated rings. The summed E-state index contributed by atoms with van der Waals surface area (Å²) in [6, 6.07) is 26.1. The van der Waals surface area contributed by atoms with Gasteiger partial charge in [-0.2, -0.15) is 0 Å². The number of benzene rings is 4. The lowest BCUT2D eigenvalue weighted by Gasteiger charge is -2.16. The molecule has 0 aliphatic heterocycles. The zero-order valence-electron chi connectivity index (χ0n) is 31.3. The number of ether oxygens (including phenoxy) is 2. The van der Waals surface area contributed by atoms with Gasteiger partial charge in [-0.05, 0) is 61.1 Å². The first-order valence-electron chi connectivity index (χ1n) is 18.2. The second-order valence-corrected chi connectivity index (χ2v) is 14.9. The number of carbonyl (C=O) groups is 3. The minimum atomic E-state index is -4.37. The molecule has 1 aromatic heterocycles. The van der Waals surface area contributed by atoms with Crippen LogP contribution in [0.25, 0.3) is 11.1 Å². The molecule has 0 saturated heterocycles. The Morgan fingerprint density at radius 3 is 2.29 bits per heavy atom. The maximum atomic E-state index is 16.0. The Morgan fingerprint density at radius 2 is 1.58 bits per heavy atom. The third-order valence-corrected chi connectivity index (χ3v) is 10.2. The molecule has 13 heteroatoms. The normalized spacial score (nSPS) is 11.3. The summed E-state index contributed by atoms with van der Waals surface area (Å²) >= 11 is 0. The van der Waals surface area contributed by atoms with Gasteiger partial charge in [0.25, 0.3) is 15.9 Å². The number of nitrogens with one attached hydrogen (secondary N) is 2. The minimum absolute atomic E-state index is 0.0493. The van der Waals surface area contributed by atoms with Gasteiger partial charge in [0.05, 0.1) is 23.7 Å². The highest BCUT2D eigenvalue weighted by molar-refractivity contribution is 7.90. The minimum Gasteiger partial charge on any atom is -0.456 e. The number of halogens is 1. The van der Waals surface area contributed by atoms with Gasteiger partial charge in [-0.1, -0.05) is 94.4 Å². The molecule has 1 heterocycles. The monoisotopic (exact) mass is 768 g/mol. The first kappa shape index (κ1) is 40.4. The zero-order chi connectivity index (χ0) is 39.5. The molecule has 4 aromatic carbocycles. The molecule has 0 aliphatic carbocycles. The number of amides is 2. The summed E-state index contributed by atoms with van der Waals surface area (Å²) in [6.45, 7) is 7.62. The third kappa shape index (κ3) is 10.2. The van der Waals surface area contributed by atoms with Crippen LogP contribution in [-0.4, -0.2) is 42.5 Å². The van der Waals surface area contributed by atoms with E-state index >= 15 is 4.39 Å². The molecule has 55 heavy (non-hydrogen) atoms. The average Bonchev–Trinajstić information content (AvgIpc) is 3.51. The smallest absolute Gasteiger partial charge is 0.421 e. The number of aryl methyl sites for hydroxylation is 2. The van der Waals surface area contributed by atoms with Crippen LogP contribution in [0.1, 0.15) is 84.0 Å². The summed E-state index contributed by atoms with van der Waals surface area (Å²) in [6.07, 6.45) is 1.13. The van der Waals surface area contributed by atoms with Crippen molar-refractivity contribution in [2.75, 3.05) is 11.9 Å². The summed E-state index contributed by atoms with van der Waals surface area (Å²) in [5, 5.41) is 2.88. The molecule has 288 valence electrons. The van der Waals surface area contributed by atoms with E-state index in [1.807, 2.05) is 38.5 Å². The summed E-state index contributed by atoms with van der Waals surface area (Å²) in [5.41, 5.74) is 2.94. The van der Waals surface area contributed by atoms with Gasteiger partial charge < -0.3 is 19.4 Å². The zero-order valence-corrected chi connectivity index (χ0v) is 32.1. The summed E-state index contributed by atoms with van der Waals surface area (Å²) < 4.78 is 57.0. The molecule has 11 nitrogen and oxygen atoms in total. The number of esters is 1. The van der Waals surface area contributed by atoms with Crippen molar-refractivity contribution in [1.29, 1.82) is 0 Å². The molecular formula is C42H45FN4O7S. The standard InChI is InChI=1S/C42H45FN4O7S/c1-5-14-38-44-35(6-2)39(41(49)54-27-32-17-10-12-19-36(32)45-40(48)29-15-8-7-9-16-29)47(38)26-31-22-21-30(25-34(31)43)33-18-11-13-20-37(33)55(51,52)46-42(50)53-24-23-28(3)4/h7-13,15-22,25,28H,5-6,14,23-24,26-27H2,1-4H3,(H,45,48)(H,46,50). The number of carbonyl (C=O) groups excluding carboxylic acids is 3. The SMILES string of the molecule is CCCc1nc(CC)c(C(=O)OCc2ccccc2NC(=O)c2ccccc2)n1Cc1ccc(-c2ccccc2S(=O)(=O)NC(=O)OCCC(C)C)cc1F. The summed E-state index contributed by atoms with van der Waals surface area (Å²) in [5.74, 6) is -0.737. The number of aromatic nitrogens is 2. The van der Waals surface area contributed by atoms with Crippen molar-refractivity contribution in [3.8, 4) is 11.1 Å². The van der Waals surface area contributed by atoms with E-state index in [0.717, 1.165) is 6.42 Å². The summed E-state index contributed by atoms with van der Waals surface area (Å²) in [4.78, 5) is 43.5. The van der Waals surface area contributed by atoms with Crippen LogP contribution in [0.2, 0.25) is 0 Å². The molecule has 2 N–H and O–H groups in total. The number of imidazole rings is 1. The van der Waals surface area contributed by atoms with Gasteiger partial charge in [-0.3, -0.25) is 4.79 Å². The molecule has 0 atom stereocenters. The van der Waals surface area contributed by atoms with E-state index in [-0.39, 0.29) is 58.9 Å². The lowest BCUT2D eigenvalue weighted by atomic mass is 10.0. The van der Waals surface area contributed by atoms with Crippen LogP contribution in [0.15, 0.2) is 102 Å². The predicted molar refractivity (Wildman–Crippen MR) is 208 cm³/mol. The largest absolute Gasteiger partial charge is 0.456 e. The van der Waals surface area contributed by atoms with Crippen LogP contribution in [0.3, 0.4) is 0 Å². The van der Waals surface area contributed by atoms with Crippen molar-refractivity contribution >= 4 is 33.7 Å². The van der Waals surface area contributed by atoms with Gasteiger partial charge in [-0.25, -0.2) is 32.1 Å². The number of para-hydroxylation sites is 1. The number of hydrogen-bond donors (Lipinski definition) is 2. The number of anilines is 1. The molecule has 2 amide bonds. The van der Waals surface area contributed by atoms with Gasteiger partial charge in [0.15, 0.2) is 5.69 Å². The van der Waals surface area contributed by atoms with Crippen molar-refractivity contribution in [2.45, 2.75) is 71.4 Å². The highest BCUT2D eigenvalue weighted by atomic mass is 32.2. The number of hydrogen-bond acceptors (Lipinski definition) is 8. The van der Waals surface area contributed by atoms with E-state index in [2.05, 4.69) is 5.32 Å². The van der Waals surface area contributed by atoms with Crippen LogP contribution in [0.4, 0.5) is 14.9 Å². The second kappa shape index (κ2) is 18.5. The van der Waals surface area contributed by atoms with Crippen LogP contribution in [-0.2, 0) is 45.5 Å². The Morgan fingerprint density at radius 1 is 0.873 bits per heavy atom. The van der Waals surface area contributed by atoms with Crippen LogP contribution in [0.5, 0.6) is 0 Å². The summed E-state index contributed by atoms with van der Waals surface area (Å²) in [7, 11) is -4.37. The molecule has 0 radical (unpaired) electrons. The third-order valence-electron chi connectivity index (χ3n) is 8.80. The fourth-order valence-electron chi connectivity index (χ4n) is 5.91. The van der Waals surface area contributed by atoms with Crippen molar-refractivity contribution < 1.29 is 36.7 Å². The van der Waals surface area contributed by atoms with E-state index in [1.165, 1.54) is 30.3 Å². The molecule has 5 aromatic rings. The fourth-order valence-corrected chi connectivity index (χ4v) is 7.03. The Kier molecular flexibility index (Phi) is 13.6. The predicted octanol–water partition coefficient (Wildman–Crippen LogP) is 8.32. The van der Waals surface area contributed by atoms with Crippen molar-refractivity contribution in [3.05, 3.63) is 137 Å². The molecular weight excluding hydrogens is 724 g/mol. The topological polar surface area (TPSA) is 146 Å². The Hall–Kier alpha value is -5.82. The first-order valence-corrected chi connectivity index (χ1v) is 19.7. The Balaban J connectivity index is 1.38. The molecule has 0 unspecified atom stereocenters. The second-order valence-electron chi connectivity index (χ2n) is 13.3. The fraction of sp³-hybridized carbons (Fsp3) is 0.286. The lowest BCUT2D eigenvalue weighted by Crippen LogP contribution is -2.31. The lowest BCUT2D eigenvalue weighted by molar-refractivity contribution is 0.0459. The highest BCUT2D eigenvalue weighted by Crippen LogP contribution is 2.30. The van der Waals surface area contributed by atoms with E-state index in [0.29, 0.717) is 47.6 Å². The Labute approximate surface area is 321 Å². The first-order chi connectivity index (χ1) is 26.4. The average molecular weight is 769 g/mol. The van der Waals surface area contributed by atoms with Crippen LogP contribution in [0, 0.1) is 11.7 Å².